The summed E-state index contributed by atoms with van der Waals surface area (Å²) in [5.74, 6) is -1.52. The Morgan fingerprint density at radius 3 is 1.47 bits per heavy atom. The Morgan fingerprint density at radius 2 is 1.27 bits per heavy atom. The minimum absolute atomic E-state index is 0.210. The molecule has 0 radical (unpaired) electrons. The average Bonchev–Trinajstić information content (AvgIpc) is 2.19. The van der Waals surface area contributed by atoms with Crippen molar-refractivity contribution in [2.24, 2.45) is 0 Å². The van der Waals surface area contributed by atoms with Gasteiger partial charge in [0, 0.05) is 0 Å². The number of carboxylic acids is 2. The molecule has 0 aromatic heterocycles. The maximum absolute atomic E-state index is 10.5. The van der Waals surface area contributed by atoms with Crippen molar-refractivity contribution >= 4 is 25.2 Å². The molecular weight excluding hydrogens is 257 g/mol. The minimum atomic E-state index is -2.16. The molecule has 0 fully saturated rings. The van der Waals surface area contributed by atoms with E-state index in [4.69, 9.17) is 10.2 Å². The summed E-state index contributed by atoms with van der Waals surface area (Å²) in [6.45, 7) is 4.15. The summed E-state index contributed by atoms with van der Waals surface area (Å²) >= 11 is -2.16. The zero-order valence-electron chi connectivity index (χ0n) is 9.45. The van der Waals surface area contributed by atoms with Gasteiger partial charge >= 0.3 is 92.7 Å². The first kappa shape index (κ1) is 14.5. The van der Waals surface area contributed by atoms with E-state index in [1.165, 1.54) is 0 Å². The van der Waals surface area contributed by atoms with Crippen LogP contribution in [0.15, 0.2) is 0 Å². The molecule has 0 saturated carbocycles. The molecule has 0 saturated heterocycles. The van der Waals surface area contributed by atoms with Gasteiger partial charge in [-0.25, -0.2) is 0 Å². The average molecular weight is 277 g/mol. The Kier molecular flexibility index (Phi) is 6.64. The van der Waals surface area contributed by atoms with Gasteiger partial charge in [-0.2, -0.15) is 0 Å². The monoisotopic (exact) mass is 278 g/mol. The van der Waals surface area contributed by atoms with Gasteiger partial charge < -0.3 is 0 Å². The van der Waals surface area contributed by atoms with Crippen LogP contribution in [0, 0.1) is 0 Å². The second kappa shape index (κ2) is 6.87. The fourth-order valence-electron chi connectivity index (χ4n) is 1.83. The number of aliphatic carboxylic acids is 2. The Labute approximate surface area is 93.0 Å². The Morgan fingerprint density at radius 1 is 0.933 bits per heavy atom. The Balaban J connectivity index is 4.29. The van der Waals surface area contributed by atoms with E-state index in [9.17, 15) is 9.59 Å². The van der Waals surface area contributed by atoms with Gasteiger partial charge in [-0.05, 0) is 0 Å². The molecule has 0 spiro atoms. The third-order valence-electron chi connectivity index (χ3n) is 3.24. The van der Waals surface area contributed by atoms with E-state index in [0.717, 1.165) is 21.0 Å². The van der Waals surface area contributed by atoms with Crippen molar-refractivity contribution in [1.29, 1.82) is 0 Å². The van der Waals surface area contributed by atoms with Gasteiger partial charge in [-0.1, -0.05) is 0 Å². The topological polar surface area (TPSA) is 74.6 Å². The first-order chi connectivity index (χ1) is 6.95. The van der Waals surface area contributed by atoms with E-state index in [1.807, 2.05) is 0 Å². The molecule has 0 atom stereocenters. The number of hydrogen-bond acceptors (Lipinski definition) is 2. The number of carbonyl (C=O) groups is 2. The summed E-state index contributed by atoms with van der Waals surface area (Å²) in [5, 5.41) is 20.9. The van der Waals surface area contributed by atoms with Gasteiger partial charge in [0.2, 0.25) is 0 Å². The Hall–Kier alpha value is -0.517. The molecule has 0 aliphatic heterocycles. The van der Waals surface area contributed by atoms with Crippen molar-refractivity contribution in [3.63, 3.8) is 0 Å². The second-order valence-electron chi connectivity index (χ2n) is 3.99. The van der Waals surface area contributed by atoms with Crippen LogP contribution in [-0.4, -0.2) is 35.4 Å². The van der Waals surface area contributed by atoms with Crippen molar-refractivity contribution in [1.82, 2.24) is 0 Å². The van der Waals surface area contributed by atoms with Crippen LogP contribution in [0.2, 0.25) is 21.0 Å². The molecule has 5 heteroatoms. The molecule has 0 heterocycles. The van der Waals surface area contributed by atoms with Gasteiger partial charge in [0.05, 0.1) is 0 Å². The van der Waals surface area contributed by atoms with E-state index in [2.05, 4.69) is 13.8 Å². The second-order valence-corrected chi connectivity index (χ2v) is 15.4. The summed E-state index contributed by atoms with van der Waals surface area (Å²) in [4.78, 5) is 21.1. The molecule has 0 amide bonds. The normalized spacial score (nSPS) is 11.3. The molecule has 0 aliphatic carbocycles. The quantitative estimate of drug-likeness (QED) is 0.668. The molecule has 4 nitrogen and oxygen atoms in total. The van der Waals surface area contributed by atoms with Crippen LogP contribution in [0.25, 0.3) is 0 Å². The predicted molar refractivity (Wildman–Crippen MR) is 60.8 cm³/mol. The van der Waals surface area contributed by atoms with Gasteiger partial charge in [-0.3, -0.25) is 0 Å². The zero-order chi connectivity index (χ0) is 11.9. The van der Waals surface area contributed by atoms with Crippen LogP contribution in [0.5, 0.6) is 0 Å². The van der Waals surface area contributed by atoms with Crippen LogP contribution in [0.4, 0.5) is 0 Å². The van der Waals surface area contributed by atoms with Crippen LogP contribution < -0.4 is 0 Å². The van der Waals surface area contributed by atoms with Crippen molar-refractivity contribution in [2.75, 3.05) is 0 Å². The predicted octanol–water partition coefficient (Wildman–Crippen LogP) is 2.42. The SMILES string of the molecule is C[CH2][Ge]([CH2]C)([CH2]CC(=O)O)[CH2]CC(=O)O. The maximum atomic E-state index is 10.5. The molecular formula is C10H20GeO4. The third-order valence-corrected chi connectivity index (χ3v) is 15.0. The summed E-state index contributed by atoms with van der Waals surface area (Å²) in [5.41, 5.74) is 0. The van der Waals surface area contributed by atoms with E-state index in [0.29, 0.717) is 0 Å². The molecule has 88 valence electrons. The van der Waals surface area contributed by atoms with Crippen molar-refractivity contribution in [3.05, 3.63) is 0 Å². The fourth-order valence-corrected chi connectivity index (χ4v) is 9.49. The molecule has 0 unspecified atom stereocenters. The summed E-state index contributed by atoms with van der Waals surface area (Å²) in [6.07, 6.45) is 0.419. The molecule has 0 aliphatic rings. The van der Waals surface area contributed by atoms with E-state index in [1.54, 1.807) is 0 Å². The van der Waals surface area contributed by atoms with Gasteiger partial charge in [0.15, 0.2) is 0 Å². The summed E-state index contributed by atoms with van der Waals surface area (Å²) in [7, 11) is 0. The van der Waals surface area contributed by atoms with Gasteiger partial charge in [-0.15, -0.1) is 0 Å². The van der Waals surface area contributed by atoms with E-state index in [-0.39, 0.29) is 12.8 Å². The summed E-state index contributed by atoms with van der Waals surface area (Å²) < 4.78 is 0. The molecule has 0 aromatic carbocycles. The number of carboxylic acid groups (broad SMARTS) is 2. The van der Waals surface area contributed by atoms with Gasteiger partial charge in [0.25, 0.3) is 0 Å². The van der Waals surface area contributed by atoms with Crippen molar-refractivity contribution in [3.8, 4) is 0 Å². The number of hydrogen-bond donors (Lipinski definition) is 2. The standard InChI is InChI=1S/C10H20GeO4/c1-3-11(4-2,7-5-9(12)13)8-6-10(14)15/h3-8H2,1-2H3,(H,12,13)(H,14,15). The van der Waals surface area contributed by atoms with Crippen molar-refractivity contribution < 1.29 is 19.8 Å². The Bertz CT molecular complexity index is 203. The molecule has 15 heavy (non-hydrogen) atoms. The van der Waals surface area contributed by atoms with Crippen molar-refractivity contribution in [2.45, 2.75) is 47.7 Å². The molecule has 0 rings (SSSR count). The number of rotatable bonds is 8. The van der Waals surface area contributed by atoms with Crippen LogP contribution in [0.3, 0.4) is 0 Å². The van der Waals surface area contributed by atoms with Gasteiger partial charge in [0.1, 0.15) is 0 Å². The third kappa shape index (κ3) is 5.82. The first-order valence-corrected chi connectivity index (χ1v) is 11.3. The first-order valence-electron chi connectivity index (χ1n) is 5.39. The van der Waals surface area contributed by atoms with Crippen LogP contribution in [-0.2, 0) is 9.59 Å². The van der Waals surface area contributed by atoms with E-state index < -0.39 is 25.2 Å². The molecule has 2 N–H and O–H groups in total. The zero-order valence-corrected chi connectivity index (χ0v) is 11.6. The molecule has 0 bridgehead atoms. The summed E-state index contributed by atoms with van der Waals surface area (Å²) in [6, 6.07) is 0. The fraction of sp³-hybridized carbons (Fsp3) is 0.800. The van der Waals surface area contributed by atoms with E-state index >= 15 is 0 Å². The molecule has 0 aromatic rings. The van der Waals surface area contributed by atoms with Crippen LogP contribution >= 0.6 is 0 Å². The van der Waals surface area contributed by atoms with Crippen LogP contribution in [0.1, 0.15) is 26.7 Å².